The summed E-state index contributed by atoms with van der Waals surface area (Å²) >= 11 is 0. The molecule has 1 heteroatoms. The molecule has 0 radical (unpaired) electrons. The maximum absolute atomic E-state index is 12.3. The molecule has 8 atom stereocenters. The van der Waals surface area contributed by atoms with E-state index in [0.29, 0.717) is 27.4 Å². The van der Waals surface area contributed by atoms with E-state index in [1.54, 1.807) is 0 Å². The third kappa shape index (κ3) is 2.62. The zero-order valence-electron chi connectivity index (χ0n) is 20.7. The maximum atomic E-state index is 12.3. The van der Waals surface area contributed by atoms with Gasteiger partial charge in [-0.05, 0) is 96.2 Å². The Morgan fingerprint density at radius 1 is 1.00 bits per heavy atom. The molecule has 0 bridgehead atoms. The smallest absolute Gasteiger partial charge is 0.133 e. The summed E-state index contributed by atoms with van der Waals surface area (Å²) in [6, 6.07) is 0. The molecule has 5 aliphatic rings. The monoisotopic (exact) mass is 410 g/mol. The van der Waals surface area contributed by atoms with Crippen molar-refractivity contribution in [2.45, 2.75) is 112 Å². The number of carbonyl (C=O) groups is 1. The topological polar surface area (TPSA) is 17.1 Å². The lowest BCUT2D eigenvalue weighted by molar-refractivity contribution is -0.123. The van der Waals surface area contributed by atoms with Crippen LogP contribution in [0.2, 0.25) is 0 Å². The van der Waals surface area contributed by atoms with Crippen LogP contribution >= 0.6 is 0 Å². The van der Waals surface area contributed by atoms with E-state index in [4.69, 9.17) is 0 Å². The summed E-state index contributed by atoms with van der Waals surface area (Å²) in [6.45, 7) is 15.2. The molecule has 5 rings (SSSR count). The van der Waals surface area contributed by atoms with Crippen LogP contribution in [-0.2, 0) is 4.79 Å². The number of carbonyl (C=O) groups excluding carboxylic acids is 1. The van der Waals surface area contributed by atoms with Gasteiger partial charge >= 0.3 is 0 Å². The second kappa shape index (κ2) is 6.71. The lowest BCUT2D eigenvalue weighted by Gasteiger charge is -2.57. The van der Waals surface area contributed by atoms with Crippen molar-refractivity contribution in [2.24, 2.45) is 51.2 Å². The van der Waals surface area contributed by atoms with Crippen molar-refractivity contribution >= 4 is 5.78 Å². The van der Waals surface area contributed by atoms with Gasteiger partial charge in [-0.15, -0.1) is 0 Å². The Morgan fingerprint density at radius 3 is 2.50 bits per heavy atom. The van der Waals surface area contributed by atoms with Gasteiger partial charge in [0.05, 0.1) is 0 Å². The van der Waals surface area contributed by atoms with Gasteiger partial charge in [-0.3, -0.25) is 4.79 Å². The van der Waals surface area contributed by atoms with Crippen LogP contribution in [0.5, 0.6) is 0 Å². The average Bonchev–Trinajstić information content (AvgIpc) is 3.30. The molecule has 0 N–H and O–H groups in total. The zero-order chi connectivity index (χ0) is 21.5. The van der Waals surface area contributed by atoms with Gasteiger partial charge in [-0.1, -0.05) is 66.0 Å². The molecule has 1 nitrogen and oxygen atoms in total. The summed E-state index contributed by atoms with van der Waals surface area (Å²) < 4.78 is 0. The predicted octanol–water partition coefficient (Wildman–Crippen LogP) is 7.99. The number of hydrogen-bond acceptors (Lipinski definition) is 1. The summed E-state index contributed by atoms with van der Waals surface area (Å²) in [5.74, 6) is 4.74. The third-order valence-corrected chi connectivity index (χ3v) is 12.3. The standard InChI is InChI=1S/C29H46O/c1-19(2)20(3)7-8-21(4)23-10-13-27(6)24-12-15-28-17-22(30)9-16-29(28,18-28)25(24)11-14-26(23,27)5/h11,19-21,23-24H,7-10,12-18H2,1-6H3/t20-,21-,23-,24-,26-,27+,28-,29+/m1/s1. The van der Waals surface area contributed by atoms with Gasteiger partial charge in [0, 0.05) is 12.8 Å². The quantitative estimate of drug-likeness (QED) is 0.420. The van der Waals surface area contributed by atoms with Crippen molar-refractivity contribution in [1.29, 1.82) is 0 Å². The van der Waals surface area contributed by atoms with Crippen LogP contribution in [0.25, 0.3) is 0 Å². The summed E-state index contributed by atoms with van der Waals surface area (Å²) in [5.41, 5.74) is 3.64. The van der Waals surface area contributed by atoms with Crippen LogP contribution in [0, 0.1) is 51.2 Å². The Balaban J connectivity index is 1.39. The number of allylic oxidation sites excluding steroid dienone is 2. The predicted molar refractivity (Wildman–Crippen MR) is 125 cm³/mol. The van der Waals surface area contributed by atoms with E-state index in [-0.39, 0.29) is 0 Å². The Morgan fingerprint density at radius 2 is 1.77 bits per heavy atom. The van der Waals surface area contributed by atoms with Gasteiger partial charge in [0.1, 0.15) is 5.78 Å². The molecule has 0 spiro atoms. The number of ketones is 1. The second-order valence-electron chi connectivity index (χ2n) is 13.5. The van der Waals surface area contributed by atoms with E-state index in [9.17, 15) is 4.79 Å². The molecular weight excluding hydrogens is 364 g/mol. The second-order valence-corrected chi connectivity index (χ2v) is 13.5. The zero-order valence-corrected chi connectivity index (χ0v) is 20.7. The first kappa shape index (κ1) is 21.3. The van der Waals surface area contributed by atoms with Gasteiger partial charge in [0.2, 0.25) is 0 Å². The Bertz CT molecular complexity index is 762. The SMILES string of the molecule is CC(C)[C@H](C)CC[C@@H](C)[C@H]1CC[C@@]2(C)[C@@H]3CC[C@]45CC(=O)CC[C@]4(C5)C3=CC[C@]12C. The fourth-order valence-corrected chi connectivity index (χ4v) is 9.55. The number of rotatable bonds is 5. The molecule has 4 fully saturated rings. The normalized spacial score (nSPS) is 48.9. The highest BCUT2D eigenvalue weighted by molar-refractivity contribution is 5.82. The minimum atomic E-state index is 0.396. The fourth-order valence-electron chi connectivity index (χ4n) is 9.55. The summed E-state index contributed by atoms with van der Waals surface area (Å²) in [4.78, 5) is 12.3. The molecule has 0 aromatic rings. The van der Waals surface area contributed by atoms with E-state index in [2.05, 4.69) is 47.6 Å². The maximum Gasteiger partial charge on any atom is 0.133 e. The van der Waals surface area contributed by atoms with E-state index >= 15 is 0 Å². The Kier molecular flexibility index (Phi) is 4.75. The minimum absolute atomic E-state index is 0.396. The van der Waals surface area contributed by atoms with Crippen LogP contribution in [0.1, 0.15) is 112 Å². The first-order chi connectivity index (χ1) is 14.1. The highest BCUT2D eigenvalue weighted by Crippen LogP contribution is 2.83. The Labute approximate surface area is 185 Å². The molecule has 5 aliphatic carbocycles. The molecule has 0 amide bonds. The number of fused-ring (bicyclic) bond motifs is 3. The van der Waals surface area contributed by atoms with Crippen LogP contribution in [0.15, 0.2) is 11.6 Å². The van der Waals surface area contributed by atoms with Crippen molar-refractivity contribution in [3.63, 3.8) is 0 Å². The minimum Gasteiger partial charge on any atom is -0.300 e. The lowest BCUT2D eigenvalue weighted by Crippen LogP contribution is -2.50. The fraction of sp³-hybridized carbons (Fsp3) is 0.897. The molecule has 0 aliphatic heterocycles. The van der Waals surface area contributed by atoms with E-state index in [0.717, 1.165) is 42.4 Å². The van der Waals surface area contributed by atoms with Gasteiger partial charge in [-0.2, -0.15) is 0 Å². The molecular formula is C29H46O. The lowest BCUT2D eigenvalue weighted by atomic mass is 9.47. The largest absolute Gasteiger partial charge is 0.300 e. The van der Waals surface area contributed by atoms with Crippen molar-refractivity contribution in [3.8, 4) is 0 Å². The summed E-state index contributed by atoms with van der Waals surface area (Å²) in [5, 5.41) is 0. The van der Waals surface area contributed by atoms with Crippen molar-refractivity contribution in [3.05, 3.63) is 11.6 Å². The summed E-state index contributed by atoms with van der Waals surface area (Å²) in [7, 11) is 0. The number of hydrogen-bond donors (Lipinski definition) is 0. The van der Waals surface area contributed by atoms with E-state index < -0.39 is 0 Å². The third-order valence-electron chi connectivity index (χ3n) is 12.3. The van der Waals surface area contributed by atoms with Crippen molar-refractivity contribution in [1.82, 2.24) is 0 Å². The van der Waals surface area contributed by atoms with Crippen LogP contribution in [0.4, 0.5) is 0 Å². The van der Waals surface area contributed by atoms with E-state index in [1.165, 1.54) is 57.8 Å². The molecule has 0 saturated heterocycles. The van der Waals surface area contributed by atoms with Crippen LogP contribution in [-0.4, -0.2) is 5.78 Å². The molecule has 4 saturated carbocycles. The molecule has 0 unspecified atom stereocenters. The van der Waals surface area contributed by atoms with Gasteiger partial charge in [0.25, 0.3) is 0 Å². The van der Waals surface area contributed by atoms with Crippen molar-refractivity contribution in [2.75, 3.05) is 0 Å². The van der Waals surface area contributed by atoms with Crippen molar-refractivity contribution < 1.29 is 4.79 Å². The highest BCUT2D eigenvalue weighted by Gasteiger charge is 2.75. The first-order valence-electron chi connectivity index (χ1n) is 13.3. The first-order valence-corrected chi connectivity index (χ1v) is 13.3. The van der Waals surface area contributed by atoms with Gasteiger partial charge in [-0.25, -0.2) is 0 Å². The van der Waals surface area contributed by atoms with Gasteiger partial charge < -0.3 is 0 Å². The highest BCUT2D eigenvalue weighted by atomic mass is 16.1. The van der Waals surface area contributed by atoms with Crippen LogP contribution < -0.4 is 0 Å². The molecule has 30 heavy (non-hydrogen) atoms. The molecule has 0 aromatic heterocycles. The van der Waals surface area contributed by atoms with Gasteiger partial charge in [0.15, 0.2) is 0 Å². The summed E-state index contributed by atoms with van der Waals surface area (Å²) in [6.07, 6.45) is 16.7. The molecule has 0 aromatic carbocycles. The average molecular weight is 411 g/mol. The number of Topliss-reactive ketones (excluding diaryl/α,β-unsaturated/α-hetero) is 1. The van der Waals surface area contributed by atoms with Crippen LogP contribution in [0.3, 0.4) is 0 Å². The molecule has 168 valence electrons. The molecule has 0 heterocycles. The Hall–Kier alpha value is -0.590. The van der Waals surface area contributed by atoms with E-state index in [1.807, 2.05) is 5.57 Å².